The lowest BCUT2D eigenvalue weighted by atomic mass is 10.1. The van der Waals surface area contributed by atoms with Gasteiger partial charge in [0.05, 0.1) is 12.8 Å². The van der Waals surface area contributed by atoms with E-state index >= 15 is 0 Å². The zero-order valence-corrected chi connectivity index (χ0v) is 16.1. The maximum Gasteiger partial charge on any atom is 0.318 e. The minimum absolute atomic E-state index is 0.00126. The molecule has 1 N–H and O–H groups in total. The van der Waals surface area contributed by atoms with E-state index in [0.717, 1.165) is 12.7 Å². The minimum atomic E-state index is -3.63. The number of benzene rings is 1. The second-order valence-corrected chi connectivity index (χ2v) is 8.54. The molecule has 0 aliphatic carbocycles. The highest BCUT2D eigenvalue weighted by atomic mass is 32.2. The molecule has 0 heterocycles. The number of rotatable bonds is 6. The van der Waals surface area contributed by atoms with Gasteiger partial charge in [0.1, 0.15) is 5.75 Å². The monoisotopic (exact) mass is 356 g/mol. The minimum Gasteiger partial charge on any atom is -0.382 e. The molecule has 2 amide bonds. The fraction of sp³-hybridized carbons (Fsp3) is 0.588. The lowest BCUT2D eigenvalue weighted by Gasteiger charge is -2.32. The number of carbonyl (C=O) groups is 1. The average molecular weight is 356 g/mol. The third kappa shape index (κ3) is 6.78. The Morgan fingerprint density at radius 2 is 1.88 bits per heavy atom. The Kier molecular flexibility index (Phi) is 6.66. The molecule has 1 aromatic rings. The third-order valence-electron chi connectivity index (χ3n) is 3.42. The Balaban J connectivity index is 3.10. The number of hydrogen-bond donors (Lipinski definition) is 1. The molecule has 0 aliphatic heterocycles. The lowest BCUT2D eigenvalue weighted by molar-refractivity contribution is 0.164. The van der Waals surface area contributed by atoms with E-state index in [9.17, 15) is 13.2 Å². The van der Waals surface area contributed by atoms with Crippen LogP contribution in [0.3, 0.4) is 0 Å². The third-order valence-corrected chi connectivity index (χ3v) is 3.90. The van der Waals surface area contributed by atoms with Crippen molar-refractivity contribution in [2.24, 2.45) is 0 Å². The van der Waals surface area contributed by atoms with Gasteiger partial charge >= 0.3 is 16.1 Å². The van der Waals surface area contributed by atoms with Crippen LogP contribution in [-0.2, 0) is 16.7 Å². The Morgan fingerprint density at radius 3 is 2.38 bits per heavy atom. The molecule has 0 saturated carbocycles. The largest absolute Gasteiger partial charge is 0.382 e. The van der Waals surface area contributed by atoms with Crippen molar-refractivity contribution < 1.29 is 17.4 Å². The van der Waals surface area contributed by atoms with E-state index in [4.69, 9.17) is 4.18 Å². The second kappa shape index (κ2) is 7.88. The molecule has 0 aliphatic rings. The highest BCUT2D eigenvalue weighted by Crippen LogP contribution is 2.23. The van der Waals surface area contributed by atoms with Crippen LogP contribution in [0.2, 0.25) is 0 Å². The Morgan fingerprint density at radius 1 is 1.29 bits per heavy atom. The van der Waals surface area contributed by atoms with Gasteiger partial charge in [0.25, 0.3) is 0 Å². The summed E-state index contributed by atoms with van der Waals surface area (Å²) in [5, 5.41) is 2.95. The van der Waals surface area contributed by atoms with Gasteiger partial charge in [0, 0.05) is 17.1 Å². The summed E-state index contributed by atoms with van der Waals surface area (Å²) in [4.78, 5) is 14.3. The van der Waals surface area contributed by atoms with Crippen LogP contribution in [0, 0.1) is 0 Å². The molecule has 0 radical (unpaired) electrons. The summed E-state index contributed by atoms with van der Waals surface area (Å²) < 4.78 is 27.9. The van der Waals surface area contributed by atoms with Gasteiger partial charge in [-0.3, -0.25) is 0 Å². The summed E-state index contributed by atoms with van der Waals surface area (Å²) >= 11 is 0. The maximum absolute atomic E-state index is 12.6. The molecule has 1 aromatic carbocycles. The van der Waals surface area contributed by atoms with Crippen LogP contribution in [0.25, 0.3) is 0 Å². The fourth-order valence-electron chi connectivity index (χ4n) is 2.10. The first kappa shape index (κ1) is 20.3. The van der Waals surface area contributed by atoms with Gasteiger partial charge in [-0.25, -0.2) is 4.79 Å². The van der Waals surface area contributed by atoms with Crippen molar-refractivity contribution in [2.75, 3.05) is 6.26 Å². The number of urea groups is 1. The zero-order chi connectivity index (χ0) is 18.5. The van der Waals surface area contributed by atoms with Gasteiger partial charge in [-0.05, 0) is 40.2 Å². The van der Waals surface area contributed by atoms with E-state index in [1.54, 1.807) is 29.2 Å². The summed E-state index contributed by atoms with van der Waals surface area (Å²) in [5.74, 6) is 0.247. The number of carbonyl (C=O) groups excluding carboxylic acids is 1. The van der Waals surface area contributed by atoms with Gasteiger partial charge in [0.15, 0.2) is 0 Å². The predicted octanol–water partition coefficient (Wildman–Crippen LogP) is 3.13. The van der Waals surface area contributed by atoms with E-state index in [-0.39, 0.29) is 29.9 Å². The van der Waals surface area contributed by atoms with Gasteiger partial charge in [-0.2, -0.15) is 8.42 Å². The van der Waals surface area contributed by atoms with Crippen molar-refractivity contribution in [3.05, 3.63) is 29.8 Å². The summed E-state index contributed by atoms with van der Waals surface area (Å²) in [7, 11) is -3.63. The molecule has 0 fully saturated rings. The van der Waals surface area contributed by atoms with Gasteiger partial charge < -0.3 is 14.4 Å². The van der Waals surface area contributed by atoms with E-state index < -0.39 is 10.1 Å². The molecule has 136 valence electrons. The Bertz CT molecular complexity index is 665. The van der Waals surface area contributed by atoms with Crippen molar-refractivity contribution >= 4 is 16.1 Å². The van der Waals surface area contributed by atoms with E-state index in [1.807, 2.05) is 34.6 Å². The quantitative estimate of drug-likeness (QED) is 0.795. The van der Waals surface area contributed by atoms with Crippen LogP contribution in [0.15, 0.2) is 24.3 Å². The van der Waals surface area contributed by atoms with Crippen LogP contribution in [0.5, 0.6) is 5.75 Å². The van der Waals surface area contributed by atoms with Gasteiger partial charge in [-0.1, -0.05) is 25.1 Å². The topological polar surface area (TPSA) is 75.7 Å². The summed E-state index contributed by atoms with van der Waals surface area (Å²) in [5.41, 5.74) is 0.290. The number of nitrogens with one attached hydrogen (secondary N) is 1. The first-order valence-corrected chi connectivity index (χ1v) is 9.80. The van der Waals surface area contributed by atoms with Crippen molar-refractivity contribution in [2.45, 2.75) is 59.2 Å². The molecular formula is C17H28N2O4S. The van der Waals surface area contributed by atoms with Crippen LogP contribution in [0.1, 0.15) is 46.6 Å². The zero-order valence-electron chi connectivity index (χ0n) is 15.3. The first-order chi connectivity index (χ1) is 10.9. The smallest absolute Gasteiger partial charge is 0.318 e. The molecule has 0 saturated heterocycles. The molecule has 7 heteroatoms. The summed E-state index contributed by atoms with van der Waals surface area (Å²) in [6.45, 7) is 9.98. The van der Waals surface area contributed by atoms with Crippen LogP contribution < -0.4 is 9.50 Å². The molecule has 24 heavy (non-hydrogen) atoms. The van der Waals surface area contributed by atoms with E-state index in [0.29, 0.717) is 5.56 Å². The fourth-order valence-corrected chi connectivity index (χ4v) is 2.59. The van der Waals surface area contributed by atoms with E-state index in [1.165, 1.54) is 0 Å². The standard InChI is InChI=1S/C17H28N2O4S/c1-7-13(2)19(16(20)18-17(3,4)5)12-14-10-8-9-11-15(14)23-24(6,21)22/h8-11,13H,7,12H2,1-6H3,(H,18,20). The van der Waals surface area contributed by atoms with Crippen molar-refractivity contribution in [1.82, 2.24) is 10.2 Å². The molecule has 1 atom stereocenters. The number of hydrogen-bond acceptors (Lipinski definition) is 4. The molecule has 0 bridgehead atoms. The number of nitrogens with zero attached hydrogens (tertiary/aromatic N) is 1. The molecule has 0 spiro atoms. The molecule has 1 rings (SSSR count). The highest BCUT2D eigenvalue weighted by Gasteiger charge is 2.24. The average Bonchev–Trinajstić information content (AvgIpc) is 2.42. The van der Waals surface area contributed by atoms with E-state index in [2.05, 4.69) is 5.32 Å². The van der Waals surface area contributed by atoms with Crippen LogP contribution >= 0.6 is 0 Å². The van der Waals surface area contributed by atoms with Crippen molar-refractivity contribution in [1.29, 1.82) is 0 Å². The summed E-state index contributed by atoms with van der Waals surface area (Å²) in [6, 6.07) is 6.66. The van der Waals surface area contributed by atoms with Crippen molar-refractivity contribution in [3.8, 4) is 5.75 Å². The normalized spacial score (nSPS) is 13.2. The second-order valence-electron chi connectivity index (χ2n) is 6.96. The SMILES string of the molecule is CCC(C)N(Cc1ccccc1OS(C)(=O)=O)C(=O)NC(C)(C)C. The van der Waals surface area contributed by atoms with Crippen LogP contribution in [0.4, 0.5) is 4.79 Å². The van der Waals surface area contributed by atoms with Crippen LogP contribution in [-0.4, -0.2) is 37.2 Å². The lowest BCUT2D eigenvalue weighted by Crippen LogP contribution is -2.50. The number of amides is 2. The molecule has 0 aromatic heterocycles. The number of para-hydroxylation sites is 1. The highest BCUT2D eigenvalue weighted by molar-refractivity contribution is 7.86. The molecular weight excluding hydrogens is 328 g/mol. The van der Waals surface area contributed by atoms with Gasteiger partial charge in [0.2, 0.25) is 0 Å². The van der Waals surface area contributed by atoms with Crippen molar-refractivity contribution in [3.63, 3.8) is 0 Å². The van der Waals surface area contributed by atoms with Gasteiger partial charge in [-0.15, -0.1) is 0 Å². The summed E-state index contributed by atoms with van der Waals surface area (Å²) in [6.07, 6.45) is 1.79. The Labute approximate surface area is 145 Å². The first-order valence-electron chi connectivity index (χ1n) is 7.99. The molecule has 6 nitrogen and oxygen atoms in total. The maximum atomic E-state index is 12.6. The molecule has 1 unspecified atom stereocenters. The Hall–Kier alpha value is -1.76. The predicted molar refractivity (Wildman–Crippen MR) is 95.5 cm³/mol.